The Balaban J connectivity index is 2.39. The van der Waals surface area contributed by atoms with Gasteiger partial charge in [-0.25, -0.2) is 4.31 Å². The highest BCUT2D eigenvalue weighted by Gasteiger charge is 2.25. The number of hydrogen-bond acceptors (Lipinski definition) is 3. The van der Waals surface area contributed by atoms with Crippen molar-refractivity contribution in [1.29, 1.82) is 0 Å². The molecule has 8 heteroatoms. The third kappa shape index (κ3) is 4.86. The topological polar surface area (TPSA) is 103 Å². The Morgan fingerprint density at radius 3 is 2.15 bits per heavy atom. The summed E-state index contributed by atoms with van der Waals surface area (Å²) in [6, 6.07) is 9.72. The summed E-state index contributed by atoms with van der Waals surface area (Å²) in [5.41, 5.74) is 1.07. The maximum Gasteiger partial charge on any atom is 0.365 e. The normalized spacial score (nSPS) is 12.3. The zero-order valence-electron chi connectivity index (χ0n) is 15.6. The molecule has 1 heterocycles. The van der Waals surface area contributed by atoms with E-state index in [0.29, 0.717) is 5.92 Å². The minimum absolute atomic E-state index is 0.0730. The van der Waals surface area contributed by atoms with Crippen LogP contribution in [0.4, 0.5) is 11.5 Å². The van der Waals surface area contributed by atoms with E-state index in [1.807, 2.05) is 34.6 Å². The second kappa shape index (κ2) is 7.13. The van der Waals surface area contributed by atoms with Gasteiger partial charge in [0.25, 0.3) is 5.91 Å². The van der Waals surface area contributed by atoms with Crippen LogP contribution in [0, 0.1) is 0 Å². The van der Waals surface area contributed by atoms with Crippen molar-refractivity contribution in [3.8, 4) is 0 Å². The molecular formula is C18H25N3O4S. The highest BCUT2D eigenvalue weighted by molar-refractivity contribution is 7.87. The Morgan fingerprint density at radius 2 is 1.69 bits per heavy atom. The van der Waals surface area contributed by atoms with Gasteiger partial charge in [-0.05, 0) is 56.5 Å². The number of benzene rings is 1. The number of nitrogens with zero attached hydrogens (tertiary/aromatic N) is 1. The van der Waals surface area contributed by atoms with Crippen LogP contribution in [0.15, 0.2) is 36.4 Å². The number of amides is 1. The molecular weight excluding hydrogens is 354 g/mol. The van der Waals surface area contributed by atoms with Crippen molar-refractivity contribution in [1.82, 2.24) is 10.3 Å². The van der Waals surface area contributed by atoms with Crippen LogP contribution in [0.5, 0.6) is 0 Å². The zero-order valence-corrected chi connectivity index (χ0v) is 16.4. The first-order valence-electron chi connectivity index (χ1n) is 8.28. The van der Waals surface area contributed by atoms with Crippen molar-refractivity contribution in [3.63, 3.8) is 0 Å². The highest BCUT2D eigenvalue weighted by Crippen LogP contribution is 2.29. The molecule has 0 bridgehead atoms. The molecule has 0 aliphatic carbocycles. The summed E-state index contributed by atoms with van der Waals surface area (Å²) in [7, 11) is -4.58. The summed E-state index contributed by atoms with van der Waals surface area (Å²) in [5.74, 6) is -0.000493. The predicted molar refractivity (Wildman–Crippen MR) is 102 cm³/mol. The number of hydrogen-bond donors (Lipinski definition) is 3. The highest BCUT2D eigenvalue weighted by atomic mass is 32.2. The number of rotatable bonds is 5. The monoisotopic (exact) mass is 379 g/mol. The van der Waals surface area contributed by atoms with Crippen molar-refractivity contribution in [3.05, 3.63) is 47.7 Å². The van der Waals surface area contributed by atoms with Crippen molar-refractivity contribution in [2.24, 2.45) is 0 Å². The fourth-order valence-corrected chi connectivity index (χ4v) is 3.18. The van der Waals surface area contributed by atoms with Gasteiger partial charge in [-0.3, -0.25) is 9.35 Å². The molecule has 3 N–H and O–H groups in total. The lowest BCUT2D eigenvalue weighted by Gasteiger charge is -2.21. The second-order valence-corrected chi connectivity index (χ2v) is 8.71. The van der Waals surface area contributed by atoms with E-state index in [0.717, 1.165) is 9.87 Å². The van der Waals surface area contributed by atoms with Crippen LogP contribution >= 0.6 is 0 Å². The van der Waals surface area contributed by atoms with Gasteiger partial charge in [0.05, 0.1) is 5.69 Å². The van der Waals surface area contributed by atoms with E-state index >= 15 is 0 Å². The van der Waals surface area contributed by atoms with E-state index in [2.05, 4.69) is 10.3 Å². The average Bonchev–Trinajstić information content (AvgIpc) is 2.94. The number of aromatic nitrogens is 1. The summed E-state index contributed by atoms with van der Waals surface area (Å²) in [6.45, 7) is 9.59. The predicted octanol–water partition coefficient (Wildman–Crippen LogP) is 3.61. The molecule has 0 fully saturated rings. The Labute approximate surface area is 154 Å². The standard InChI is InChI=1S/C18H25N3O4S/c1-12(2)13-6-8-14(9-7-13)21(26(23,24)25)16-11-10-15(19-16)17(22)20-18(3,4)5/h6-12,19H,1-5H3,(H,20,22)(H,23,24,25). The van der Waals surface area contributed by atoms with E-state index in [1.165, 1.54) is 12.1 Å². The van der Waals surface area contributed by atoms with Crippen LogP contribution in [-0.2, 0) is 10.3 Å². The molecule has 1 aromatic carbocycles. The molecule has 0 aliphatic heterocycles. The molecule has 7 nitrogen and oxygen atoms in total. The summed E-state index contributed by atoms with van der Waals surface area (Å²) >= 11 is 0. The second-order valence-electron chi connectivity index (χ2n) is 7.45. The first kappa shape index (κ1) is 20.0. The Morgan fingerprint density at radius 1 is 1.12 bits per heavy atom. The molecule has 1 aromatic heterocycles. The number of aromatic amines is 1. The number of anilines is 2. The SMILES string of the molecule is CC(C)c1ccc(N(c2ccc(C(=O)NC(C)(C)C)[nH]2)S(=O)(=O)O)cc1. The van der Waals surface area contributed by atoms with Gasteiger partial charge in [0.1, 0.15) is 11.5 Å². The first-order valence-corrected chi connectivity index (χ1v) is 9.67. The van der Waals surface area contributed by atoms with Gasteiger partial charge < -0.3 is 10.3 Å². The molecule has 0 radical (unpaired) electrons. The number of H-pyrrole nitrogens is 1. The van der Waals surface area contributed by atoms with Gasteiger partial charge in [0.15, 0.2) is 0 Å². The maximum atomic E-state index is 12.2. The minimum atomic E-state index is -4.58. The molecule has 0 atom stereocenters. The molecule has 0 spiro atoms. The number of carbonyl (C=O) groups excluding carboxylic acids is 1. The summed E-state index contributed by atoms with van der Waals surface area (Å²) in [4.78, 5) is 15.0. The first-order chi connectivity index (χ1) is 11.9. The third-order valence-electron chi connectivity index (χ3n) is 3.65. The van der Waals surface area contributed by atoms with Crippen LogP contribution < -0.4 is 9.62 Å². The van der Waals surface area contributed by atoms with E-state index < -0.39 is 15.8 Å². The lowest BCUT2D eigenvalue weighted by molar-refractivity contribution is 0.0915. The lowest BCUT2D eigenvalue weighted by atomic mass is 10.0. The van der Waals surface area contributed by atoms with Gasteiger partial charge >= 0.3 is 10.3 Å². The fraction of sp³-hybridized carbons (Fsp3) is 0.389. The third-order valence-corrected chi connectivity index (χ3v) is 4.52. The molecule has 0 aliphatic rings. The number of nitrogens with one attached hydrogen (secondary N) is 2. The van der Waals surface area contributed by atoms with Crippen molar-refractivity contribution >= 4 is 27.7 Å². The van der Waals surface area contributed by atoms with Crippen molar-refractivity contribution in [2.45, 2.75) is 46.1 Å². The molecule has 26 heavy (non-hydrogen) atoms. The summed E-state index contributed by atoms with van der Waals surface area (Å²) in [5, 5.41) is 2.79. The van der Waals surface area contributed by atoms with Crippen LogP contribution in [0.2, 0.25) is 0 Å². The lowest BCUT2D eigenvalue weighted by Crippen LogP contribution is -2.40. The van der Waals surface area contributed by atoms with E-state index in [1.54, 1.807) is 24.3 Å². The molecule has 2 aromatic rings. The summed E-state index contributed by atoms with van der Waals surface area (Å²) < 4.78 is 34.3. The Kier molecular flexibility index (Phi) is 5.48. The van der Waals surface area contributed by atoms with E-state index in [-0.39, 0.29) is 23.1 Å². The molecule has 2 rings (SSSR count). The van der Waals surface area contributed by atoms with Crippen LogP contribution in [0.3, 0.4) is 0 Å². The molecule has 0 saturated carbocycles. The fourth-order valence-electron chi connectivity index (χ4n) is 2.43. The van der Waals surface area contributed by atoms with Gasteiger partial charge in [-0.1, -0.05) is 26.0 Å². The quantitative estimate of drug-likeness (QED) is 0.691. The minimum Gasteiger partial charge on any atom is -0.346 e. The van der Waals surface area contributed by atoms with Gasteiger partial charge in [-0.15, -0.1) is 0 Å². The summed E-state index contributed by atoms with van der Waals surface area (Å²) in [6.07, 6.45) is 0. The molecule has 1 amide bonds. The van der Waals surface area contributed by atoms with Gasteiger partial charge in [-0.2, -0.15) is 8.42 Å². The zero-order chi connectivity index (χ0) is 19.7. The smallest absolute Gasteiger partial charge is 0.346 e. The largest absolute Gasteiger partial charge is 0.365 e. The Bertz CT molecular complexity index is 878. The molecule has 0 saturated heterocycles. The van der Waals surface area contributed by atoms with E-state index in [4.69, 9.17) is 0 Å². The average molecular weight is 379 g/mol. The van der Waals surface area contributed by atoms with Crippen LogP contribution in [0.1, 0.15) is 56.6 Å². The molecule has 0 unspecified atom stereocenters. The molecule has 142 valence electrons. The van der Waals surface area contributed by atoms with Crippen molar-refractivity contribution < 1.29 is 17.8 Å². The van der Waals surface area contributed by atoms with Crippen molar-refractivity contribution in [2.75, 3.05) is 4.31 Å². The Hall–Kier alpha value is -2.32. The van der Waals surface area contributed by atoms with Crippen LogP contribution in [0.25, 0.3) is 0 Å². The number of carbonyl (C=O) groups is 1. The maximum absolute atomic E-state index is 12.2. The van der Waals surface area contributed by atoms with Crippen LogP contribution in [-0.4, -0.2) is 29.4 Å². The van der Waals surface area contributed by atoms with E-state index in [9.17, 15) is 17.8 Å². The van der Waals surface area contributed by atoms with Gasteiger partial charge in [0, 0.05) is 5.54 Å². The van der Waals surface area contributed by atoms with Gasteiger partial charge in [0.2, 0.25) is 0 Å².